The molecule has 88 valence electrons. The van der Waals surface area contributed by atoms with Crippen LogP contribution in [0, 0.1) is 11.2 Å². The molecule has 0 fully saturated rings. The maximum atomic E-state index is 13.5. The lowest BCUT2D eigenvalue weighted by Crippen LogP contribution is -2.37. The molecule has 0 unspecified atom stereocenters. The number of nitrogens with two attached hydrogens (primary N) is 1. The number of esters is 1. The lowest BCUT2D eigenvalue weighted by atomic mass is 9.81. The molecule has 0 aliphatic heterocycles. The topological polar surface area (TPSA) is 52.3 Å². The third kappa shape index (κ3) is 2.22. The van der Waals surface area contributed by atoms with Gasteiger partial charge in [-0.25, -0.2) is 4.39 Å². The van der Waals surface area contributed by atoms with E-state index in [0.717, 1.165) is 0 Å². The van der Waals surface area contributed by atoms with Gasteiger partial charge in [-0.3, -0.25) is 4.79 Å². The summed E-state index contributed by atoms with van der Waals surface area (Å²) in [6.07, 6.45) is 0. The van der Waals surface area contributed by atoms with E-state index in [1.807, 2.05) is 0 Å². The van der Waals surface area contributed by atoms with Gasteiger partial charge in [-0.15, -0.1) is 0 Å². The van der Waals surface area contributed by atoms with Gasteiger partial charge in [0.15, 0.2) is 0 Å². The van der Waals surface area contributed by atoms with E-state index in [1.54, 1.807) is 32.0 Å². The van der Waals surface area contributed by atoms with Crippen molar-refractivity contribution < 1.29 is 13.9 Å². The molecular formula is C12H16FNO2. The second-order valence-corrected chi connectivity index (χ2v) is 4.21. The van der Waals surface area contributed by atoms with Crippen LogP contribution in [0.4, 0.5) is 4.39 Å². The van der Waals surface area contributed by atoms with Crippen LogP contribution in [0.5, 0.6) is 0 Å². The molecule has 0 amide bonds. The number of hydrogen-bond donors (Lipinski definition) is 1. The molecule has 1 aromatic rings. The van der Waals surface area contributed by atoms with Crippen LogP contribution in [0.1, 0.15) is 25.5 Å². The summed E-state index contributed by atoms with van der Waals surface area (Å²) >= 11 is 0. The van der Waals surface area contributed by atoms with Gasteiger partial charge in [-0.2, -0.15) is 0 Å². The molecule has 4 heteroatoms. The summed E-state index contributed by atoms with van der Waals surface area (Å²) in [4.78, 5) is 11.5. The first-order chi connectivity index (χ1) is 7.41. The zero-order valence-corrected chi connectivity index (χ0v) is 9.66. The molecule has 2 N–H and O–H groups in total. The molecule has 0 saturated heterocycles. The number of methoxy groups -OCH3 is 1. The summed E-state index contributed by atoms with van der Waals surface area (Å²) in [6.45, 7) is 3.27. The smallest absolute Gasteiger partial charge is 0.313 e. The monoisotopic (exact) mass is 225 g/mol. The van der Waals surface area contributed by atoms with Crippen molar-refractivity contribution in [3.63, 3.8) is 0 Å². The molecule has 0 aromatic heterocycles. The first kappa shape index (κ1) is 12.6. The van der Waals surface area contributed by atoms with Gasteiger partial charge in [0.2, 0.25) is 0 Å². The van der Waals surface area contributed by atoms with E-state index in [1.165, 1.54) is 13.2 Å². The summed E-state index contributed by atoms with van der Waals surface area (Å²) < 4.78 is 18.2. The Morgan fingerprint density at radius 1 is 1.44 bits per heavy atom. The summed E-state index contributed by atoms with van der Waals surface area (Å²) in [7, 11) is 1.29. The largest absolute Gasteiger partial charge is 0.469 e. The van der Waals surface area contributed by atoms with Gasteiger partial charge < -0.3 is 10.5 Å². The minimum absolute atomic E-state index is 0.318. The van der Waals surface area contributed by atoms with Gasteiger partial charge >= 0.3 is 5.97 Å². The third-order valence-electron chi connectivity index (χ3n) is 2.73. The average molecular weight is 225 g/mol. The lowest BCUT2D eigenvalue weighted by Gasteiger charge is -2.29. The number of carbonyl (C=O) groups is 1. The van der Waals surface area contributed by atoms with Crippen molar-refractivity contribution >= 4 is 5.97 Å². The molecule has 0 aliphatic rings. The first-order valence-corrected chi connectivity index (χ1v) is 4.99. The van der Waals surface area contributed by atoms with Gasteiger partial charge in [-0.05, 0) is 19.9 Å². The van der Waals surface area contributed by atoms with Crippen LogP contribution in [0.15, 0.2) is 24.3 Å². The number of halogens is 1. The van der Waals surface area contributed by atoms with Crippen molar-refractivity contribution in [2.75, 3.05) is 7.11 Å². The van der Waals surface area contributed by atoms with Crippen LogP contribution >= 0.6 is 0 Å². The first-order valence-electron chi connectivity index (χ1n) is 4.99. The predicted molar refractivity (Wildman–Crippen MR) is 59.1 cm³/mol. The Morgan fingerprint density at radius 2 is 2.00 bits per heavy atom. The van der Waals surface area contributed by atoms with Crippen molar-refractivity contribution in [3.05, 3.63) is 35.6 Å². The molecule has 3 nitrogen and oxygen atoms in total. The Hall–Kier alpha value is -1.42. The van der Waals surface area contributed by atoms with Crippen LogP contribution in [-0.2, 0) is 9.53 Å². The maximum absolute atomic E-state index is 13.5. The van der Waals surface area contributed by atoms with E-state index in [-0.39, 0.29) is 0 Å². The van der Waals surface area contributed by atoms with E-state index in [9.17, 15) is 9.18 Å². The molecular weight excluding hydrogens is 209 g/mol. The highest BCUT2D eigenvalue weighted by Gasteiger charge is 2.37. The Kier molecular flexibility index (Phi) is 3.65. The summed E-state index contributed by atoms with van der Waals surface area (Å²) in [5.41, 5.74) is 5.27. The predicted octanol–water partition coefficient (Wildman–Crippen LogP) is 2.02. The van der Waals surface area contributed by atoms with Crippen LogP contribution in [0.2, 0.25) is 0 Å². The quantitative estimate of drug-likeness (QED) is 0.801. The summed E-state index contributed by atoms with van der Waals surface area (Å²) in [5.74, 6) is -0.866. The minimum atomic E-state index is -0.961. The van der Waals surface area contributed by atoms with Crippen molar-refractivity contribution in [2.45, 2.75) is 19.9 Å². The summed E-state index contributed by atoms with van der Waals surface area (Å²) in [5, 5.41) is 0. The number of ether oxygens (including phenoxy) is 1. The standard InChI is InChI=1S/C12H16FNO2/c1-12(2,11(15)16-3)10(14)8-6-4-5-7-9(8)13/h4-7,10H,14H2,1-3H3/t10-/m0/s1. The molecule has 1 atom stereocenters. The Labute approximate surface area is 94.4 Å². The fourth-order valence-electron chi connectivity index (χ4n) is 1.51. The van der Waals surface area contributed by atoms with E-state index < -0.39 is 23.2 Å². The van der Waals surface area contributed by atoms with Crippen molar-refractivity contribution in [3.8, 4) is 0 Å². The Morgan fingerprint density at radius 3 is 2.50 bits per heavy atom. The number of hydrogen-bond acceptors (Lipinski definition) is 3. The fraction of sp³-hybridized carbons (Fsp3) is 0.417. The van der Waals surface area contributed by atoms with Gasteiger partial charge in [-0.1, -0.05) is 18.2 Å². The normalized spacial score (nSPS) is 13.3. The van der Waals surface area contributed by atoms with Crippen LogP contribution in [0.3, 0.4) is 0 Å². The third-order valence-corrected chi connectivity index (χ3v) is 2.73. The van der Waals surface area contributed by atoms with Gasteiger partial charge in [0.25, 0.3) is 0 Å². The number of benzene rings is 1. The van der Waals surface area contributed by atoms with E-state index in [2.05, 4.69) is 4.74 Å². The minimum Gasteiger partial charge on any atom is -0.469 e. The van der Waals surface area contributed by atoms with Gasteiger partial charge in [0.05, 0.1) is 12.5 Å². The molecule has 1 aromatic carbocycles. The van der Waals surface area contributed by atoms with Gasteiger partial charge in [0.1, 0.15) is 5.82 Å². The highest BCUT2D eigenvalue weighted by Crippen LogP contribution is 2.33. The number of rotatable bonds is 3. The zero-order valence-electron chi connectivity index (χ0n) is 9.66. The van der Waals surface area contributed by atoms with Gasteiger partial charge in [0, 0.05) is 11.6 Å². The molecule has 16 heavy (non-hydrogen) atoms. The Bertz CT molecular complexity index is 390. The highest BCUT2D eigenvalue weighted by atomic mass is 19.1. The summed E-state index contributed by atoms with van der Waals surface area (Å²) in [6, 6.07) is 5.43. The van der Waals surface area contributed by atoms with Crippen LogP contribution in [-0.4, -0.2) is 13.1 Å². The second kappa shape index (κ2) is 4.61. The Balaban J connectivity index is 3.07. The highest BCUT2D eigenvalue weighted by molar-refractivity contribution is 5.77. The zero-order chi connectivity index (χ0) is 12.3. The molecule has 1 rings (SSSR count). The fourth-order valence-corrected chi connectivity index (χ4v) is 1.51. The average Bonchev–Trinajstić information content (AvgIpc) is 2.27. The number of carbonyl (C=O) groups excluding carboxylic acids is 1. The van der Waals surface area contributed by atoms with Crippen molar-refractivity contribution in [1.82, 2.24) is 0 Å². The molecule has 0 saturated carbocycles. The lowest BCUT2D eigenvalue weighted by molar-refractivity contribution is -0.152. The second-order valence-electron chi connectivity index (χ2n) is 4.21. The molecule has 0 heterocycles. The molecule has 0 aliphatic carbocycles. The molecule has 0 spiro atoms. The van der Waals surface area contributed by atoms with Crippen molar-refractivity contribution in [1.29, 1.82) is 0 Å². The van der Waals surface area contributed by atoms with Crippen molar-refractivity contribution in [2.24, 2.45) is 11.1 Å². The van der Waals surface area contributed by atoms with Crippen LogP contribution < -0.4 is 5.73 Å². The molecule has 0 bridgehead atoms. The SMILES string of the molecule is COC(=O)C(C)(C)[C@@H](N)c1ccccc1F. The van der Waals surface area contributed by atoms with E-state index in [4.69, 9.17) is 5.73 Å². The van der Waals surface area contributed by atoms with E-state index >= 15 is 0 Å². The van der Waals surface area contributed by atoms with Crippen LogP contribution in [0.25, 0.3) is 0 Å². The molecule has 0 radical (unpaired) electrons. The maximum Gasteiger partial charge on any atom is 0.313 e. The van der Waals surface area contributed by atoms with E-state index in [0.29, 0.717) is 5.56 Å².